The lowest BCUT2D eigenvalue weighted by molar-refractivity contribution is -0.116. The Morgan fingerprint density at radius 1 is 1.03 bits per heavy atom. The molecule has 0 aromatic rings. The molecule has 0 unspecified atom stereocenters. The number of nitrogens with one attached hydrogen (secondary N) is 2. The fourth-order valence-corrected chi connectivity index (χ4v) is 2.58. The van der Waals surface area contributed by atoms with E-state index in [-0.39, 0.29) is 5.91 Å². The Hall–Kier alpha value is -2.87. The van der Waals surface area contributed by atoms with Crippen LogP contribution in [-0.4, -0.2) is 43.5 Å². The molecule has 0 atom stereocenters. The van der Waals surface area contributed by atoms with Crippen molar-refractivity contribution in [3.63, 3.8) is 0 Å². The van der Waals surface area contributed by atoms with E-state index in [0.29, 0.717) is 11.1 Å². The van der Waals surface area contributed by atoms with Gasteiger partial charge in [0.2, 0.25) is 0 Å². The first-order valence-electron chi connectivity index (χ1n) is 12.2. The normalized spacial score (nSPS) is 14.2. The van der Waals surface area contributed by atoms with Crippen LogP contribution in [0.15, 0.2) is 84.7 Å². The highest BCUT2D eigenvalue weighted by molar-refractivity contribution is 5.97. The number of hydrogen-bond acceptors (Lipinski definition) is 3. The molecule has 2 N–H and O–H groups in total. The highest BCUT2D eigenvalue weighted by Gasteiger charge is 2.10. The van der Waals surface area contributed by atoms with Gasteiger partial charge in [-0.15, -0.1) is 12.5 Å². The van der Waals surface area contributed by atoms with Crippen LogP contribution >= 0.6 is 0 Å². The van der Waals surface area contributed by atoms with E-state index in [9.17, 15) is 4.79 Å². The molecule has 1 aliphatic rings. The molecule has 0 bridgehead atoms. The molecule has 0 aromatic heterocycles. The van der Waals surface area contributed by atoms with Crippen molar-refractivity contribution in [1.29, 1.82) is 0 Å². The van der Waals surface area contributed by atoms with Crippen LogP contribution in [0.3, 0.4) is 0 Å². The smallest absolute Gasteiger partial charge is 0.255 e. The van der Waals surface area contributed by atoms with Crippen LogP contribution in [0.4, 0.5) is 0 Å². The van der Waals surface area contributed by atoms with Gasteiger partial charge in [0.05, 0.1) is 0 Å². The maximum absolute atomic E-state index is 12.5. The fourth-order valence-electron chi connectivity index (χ4n) is 2.58. The van der Waals surface area contributed by atoms with Crippen molar-refractivity contribution in [1.82, 2.24) is 15.5 Å². The maximum Gasteiger partial charge on any atom is 0.255 e. The van der Waals surface area contributed by atoms with Crippen molar-refractivity contribution in [2.24, 2.45) is 0 Å². The minimum atomic E-state index is -0.167. The van der Waals surface area contributed by atoms with Gasteiger partial charge >= 0.3 is 0 Å². The summed E-state index contributed by atoms with van der Waals surface area (Å²) in [5, 5.41) is 6.26. The molecular weight excluding hydrogens is 418 g/mol. The van der Waals surface area contributed by atoms with E-state index in [4.69, 9.17) is 0 Å². The Bertz CT molecular complexity index is 765. The summed E-state index contributed by atoms with van der Waals surface area (Å²) in [4.78, 5) is 14.9. The minimum Gasteiger partial charge on any atom is -0.326 e. The van der Waals surface area contributed by atoms with Gasteiger partial charge in [0, 0.05) is 49.6 Å². The number of carbonyl (C=O) groups is 1. The Balaban J connectivity index is -0.00000124. The second kappa shape index (κ2) is 26.4. The molecule has 190 valence electrons. The number of carbonyl (C=O) groups excluding carboxylic acids is 1. The van der Waals surface area contributed by atoms with E-state index >= 15 is 0 Å². The van der Waals surface area contributed by atoms with Crippen molar-refractivity contribution >= 4 is 5.91 Å². The lowest BCUT2D eigenvalue weighted by Gasteiger charge is -2.27. The summed E-state index contributed by atoms with van der Waals surface area (Å²) in [6.07, 6.45) is 12.7. The van der Waals surface area contributed by atoms with Gasteiger partial charge in [-0.3, -0.25) is 9.69 Å². The van der Waals surface area contributed by atoms with Crippen LogP contribution in [0.5, 0.6) is 0 Å². The quantitative estimate of drug-likeness (QED) is 0.189. The Morgan fingerprint density at radius 2 is 1.59 bits per heavy atom. The third-order valence-electron chi connectivity index (χ3n) is 4.11. The largest absolute Gasteiger partial charge is 0.326 e. The van der Waals surface area contributed by atoms with Crippen molar-refractivity contribution < 1.29 is 4.79 Å². The summed E-state index contributed by atoms with van der Waals surface area (Å²) in [7, 11) is 0. The molecule has 4 heteroatoms. The van der Waals surface area contributed by atoms with Crippen LogP contribution < -0.4 is 10.6 Å². The first kappa shape index (κ1) is 35.7. The molecule has 4 nitrogen and oxygen atoms in total. The van der Waals surface area contributed by atoms with E-state index < -0.39 is 0 Å². The number of allylic oxidation sites excluding steroid dienone is 7. The third-order valence-corrected chi connectivity index (χ3v) is 4.11. The van der Waals surface area contributed by atoms with Gasteiger partial charge in [0.15, 0.2) is 0 Å². The van der Waals surface area contributed by atoms with Crippen molar-refractivity contribution in [2.45, 2.75) is 55.4 Å². The first-order valence-corrected chi connectivity index (χ1v) is 12.2. The molecule has 0 saturated carbocycles. The predicted octanol–water partition coefficient (Wildman–Crippen LogP) is 6.35. The average molecular weight is 468 g/mol. The summed E-state index contributed by atoms with van der Waals surface area (Å²) in [5.41, 5.74) is 3.17. The van der Waals surface area contributed by atoms with Crippen LogP contribution in [0.2, 0.25) is 0 Å². The zero-order valence-corrected chi connectivity index (χ0v) is 23.1. The molecule has 0 aromatic carbocycles. The van der Waals surface area contributed by atoms with Gasteiger partial charge in [0.25, 0.3) is 5.91 Å². The van der Waals surface area contributed by atoms with Crippen molar-refractivity contribution in [3.8, 4) is 11.8 Å². The summed E-state index contributed by atoms with van der Waals surface area (Å²) < 4.78 is 0. The molecule has 1 aliphatic heterocycles. The minimum absolute atomic E-state index is 0.167. The molecule has 1 amide bonds. The van der Waals surface area contributed by atoms with Gasteiger partial charge in [-0.05, 0) is 45.4 Å². The maximum atomic E-state index is 12.5. The third kappa shape index (κ3) is 18.7. The number of piperazine rings is 1. The van der Waals surface area contributed by atoms with Gasteiger partial charge in [0.1, 0.15) is 0 Å². The van der Waals surface area contributed by atoms with E-state index in [2.05, 4.69) is 47.1 Å². The van der Waals surface area contributed by atoms with Gasteiger partial charge < -0.3 is 10.6 Å². The molecular formula is C30H49N3O. The van der Waals surface area contributed by atoms with E-state index in [1.54, 1.807) is 31.2 Å². The topological polar surface area (TPSA) is 44.4 Å². The molecule has 1 heterocycles. The molecule has 1 fully saturated rings. The molecule has 1 rings (SSSR count). The summed E-state index contributed by atoms with van der Waals surface area (Å²) in [6.45, 7) is 31.3. The fraction of sp³-hybridized carbons (Fsp3) is 0.433. The monoisotopic (exact) mass is 467 g/mol. The van der Waals surface area contributed by atoms with Crippen molar-refractivity contribution in [3.05, 3.63) is 84.7 Å². The summed E-state index contributed by atoms with van der Waals surface area (Å²) in [5.74, 6) is 5.57. The Kier molecular flexibility index (Phi) is 27.7. The SMILES string of the molecule is C=C/C(C#CC)=C\C(=C/C)C(=O)N/C(C)=C/C=C(\C=C)CN1CCNCC1.C=CC.CC.CC. The molecule has 1 saturated heterocycles. The molecule has 34 heavy (non-hydrogen) atoms. The second-order valence-electron chi connectivity index (χ2n) is 6.61. The van der Waals surface area contributed by atoms with E-state index in [1.165, 1.54) is 0 Å². The highest BCUT2D eigenvalue weighted by atomic mass is 16.1. The lowest BCUT2D eigenvalue weighted by Crippen LogP contribution is -2.44. The number of rotatable bonds is 8. The highest BCUT2D eigenvalue weighted by Crippen LogP contribution is 2.07. The summed E-state index contributed by atoms with van der Waals surface area (Å²) in [6, 6.07) is 0. The average Bonchev–Trinajstić information content (AvgIpc) is 2.87. The first-order chi connectivity index (χ1) is 16.4. The van der Waals surface area contributed by atoms with Gasteiger partial charge in [-0.25, -0.2) is 0 Å². The molecule has 0 spiro atoms. The lowest BCUT2D eigenvalue weighted by atomic mass is 10.1. The number of amides is 1. The zero-order valence-electron chi connectivity index (χ0n) is 23.1. The van der Waals surface area contributed by atoms with Crippen molar-refractivity contribution in [2.75, 3.05) is 32.7 Å². The van der Waals surface area contributed by atoms with Crippen LogP contribution in [0.1, 0.15) is 55.4 Å². The zero-order chi connectivity index (χ0) is 26.8. The van der Waals surface area contributed by atoms with E-state index in [1.807, 2.05) is 66.7 Å². The number of hydrogen-bond donors (Lipinski definition) is 2. The summed E-state index contributed by atoms with van der Waals surface area (Å²) >= 11 is 0. The standard InChI is InChI=1S/C23H31N3O.C3H6.2C2H6/c1-6-10-20(7-2)17-22(9-4)23(27)25-19(5)11-12-21(8-3)18-26-15-13-24-14-16-26;1-3-2;2*1-2/h7-9,11-12,17,24H,2-3,13-16,18H2,1,4-5H3,(H,25,27);3H,1H2,2H3;2*1-2H3/b19-11+,20-17+,21-12+,22-9+;;;. The molecule has 0 aliphatic carbocycles. The van der Waals surface area contributed by atoms with Crippen LogP contribution in [0.25, 0.3) is 0 Å². The molecule has 0 radical (unpaired) electrons. The van der Waals surface area contributed by atoms with Crippen LogP contribution in [0, 0.1) is 11.8 Å². The Morgan fingerprint density at radius 3 is 2.03 bits per heavy atom. The predicted molar refractivity (Wildman–Crippen MR) is 154 cm³/mol. The number of nitrogens with zero attached hydrogens (tertiary/aromatic N) is 1. The van der Waals surface area contributed by atoms with E-state index in [0.717, 1.165) is 44.0 Å². The Labute approximate surface area is 211 Å². The van der Waals surface area contributed by atoms with Gasteiger partial charge in [-0.2, -0.15) is 0 Å². The van der Waals surface area contributed by atoms with Crippen LogP contribution in [-0.2, 0) is 4.79 Å². The van der Waals surface area contributed by atoms with Gasteiger partial charge in [-0.1, -0.05) is 77.2 Å². The second-order valence-corrected chi connectivity index (χ2v) is 6.61.